The first kappa shape index (κ1) is 12.7. The Kier molecular flexibility index (Phi) is 4.04. The summed E-state index contributed by atoms with van der Waals surface area (Å²) in [7, 11) is 1.57. The van der Waals surface area contributed by atoms with Gasteiger partial charge in [0.25, 0.3) is 0 Å². The summed E-state index contributed by atoms with van der Waals surface area (Å²) in [5.41, 5.74) is 1.69. The van der Waals surface area contributed by atoms with Crippen molar-refractivity contribution in [1.29, 1.82) is 0 Å². The predicted molar refractivity (Wildman–Crippen MR) is 73.9 cm³/mol. The van der Waals surface area contributed by atoms with Crippen LogP contribution in [0.5, 0.6) is 11.6 Å². The van der Waals surface area contributed by atoms with E-state index in [1.165, 1.54) is 0 Å². The van der Waals surface area contributed by atoms with E-state index in [9.17, 15) is 5.11 Å². The normalized spacial score (nSPS) is 10.1. The quantitative estimate of drug-likeness (QED) is 0.911. The molecule has 0 bridgehead atoms. The Balaban J connectivity index is 2.07. The highest BCUT2D eigenvalue weighted by Gasteiger charge is 2.04. The first-order valence-electron chi connectivity index (χ1n) is 5.41. The summed E-state index contributed by atoms with van der Waals surface area (Å²) in [6, 6.07) is 9.10. The van der Waals surface area contributed by atoms with E-state index in [4.69, 9.17) is 4.74 Å². The van der Waals surface area contributed by atoms with Crippen LogP contribution >= 0.6 is 15.9 Å². The number of pyridine rings is 1. The van der Waals surface area contributed by atoms with Gasteiger partial charge in [0.15, 0.2) is 0 Å². The third kappa shape index (κ3) is 2.92. The number of hydrogen-bond acceptors (Lipinski definition) is 4. The molecule has 18 heavy (non-hydrogen) atoms. The number of phenolic OH excluding ortho intramolecular Hbond substituents is 1. The van der Waals surface area contributed by atoms with Crippen molar-refractivity contribution in [2.75, 3.05) is 12.4 Å². The number of halogens is 1. The molecule has 1 aromatic carbocycles. The van der Waals surface area contributed by atoms with Gasteiger partial charge in [-0.2, -0.15) is 0 Å². The van der Waals surface area contributed by atoms with Crippen molar-refractivity contribution < 1.29 is 9.84 Å². The topological polar surface area (TPSA) is 54.4 Å². The van der Waals surface area contributed by atoms with Crippen LogP contribution in [0, 0.1) is 0 Å². The molecule has 0 saturated heterocycles. The number of phenols is 1. The van der Waals surface area contributed by atoms with Crippen molar-refractivity contribution in [2.45, 2.75) is 6.54 Å². The average Bonchev–Trinajstić information content (AvgIpc) is 2.38. The highest BCUT2D eigenvalue weighted by atomic mass is 79.9. The second-order valence-corrected chi connectivity index (χ2v) is 4.55. The lowest BCUT2D eigenvalue weighted by Crippen LogP contribution is -2.00. The molecular formula is C13H13BrN2O2. The van der Waals surface area contributed by atoms with E-state index >= 15 is 0 Å². The van der Waals surface area contributed by atoms with Crippen LogP contribution in [-0.2, 0) is 6.54 Å². The maximum Gasteiger partial charge on any atom is 0.227 e. The largest absolute Gasteiger partial charge is 0.508 e. The fraction of sp³-hybridized carbons (Fsp3) is 0.154. The van der Waals surface area contributed by atoms with E-state index in [1.807, 2.05) is 18.2 Å². The predicted octanol–water partition coefficient (Wildman–Crippen LogP) is 3.17. The number of para-hydroxylation sites is 1. The van der Waals surface area contributed by atoms with Crippen molar-refractivity contribution in [3.63, 3.8) is 0 Å². The van der Waals surface area contributed by atoms with E-state index in [0.717, 1.165) is 15.7 Å². The molecule has 2 N–H and O–H groups in total. The first-order valence-corrected chi connectivity index (χ1v) is 6.20. The molecule has 1 aromatic heterocycles. The van der Waals surface area contributed by atoms with Crippen LogP contribution in [0.4, 0.5) is 5.69 Å². The molecule has 0 unspecified atom stereocenters. The number of aromatic hydroxyl groups is 1. The maximum atomic E-state index is 9.64. The summed E-state index contributed by atoms with van der Waals surface area (Å²) in [6.45, 7) is 0.535. The number of methoxy groups -OCH3 is 1. The van der Waals surface area contributed by atoms with Gasteiger partial charge in [-0.25, -0.2) is 4.98 Å². The Morgan fingerprint density at radius 2 is 2.17 bits per heavy atom. The summed E-state index contributed by atoms with van der Waals surface area (Å²) in [5, 5.41) is 12.8. The molecule has 0 fully saturated rings. The lowest BCUT2D eigenvalue weighted by molar-refractivity contribution is 0.395. The number of rotatable bonds is 4. The van der Waals surface area contributed by atoms with Crippen LogP contribution in [0.15, 0.2) is 41.0 Å². The number of hydrogen-bond donors (Lipinski definition) is 2. The zero-order valence-electron chi connectivity index (χ0n) is 9.85. The van der Waals surface area contributed by atoms with Crippen LogP contribution < -0.4 is 10.1 Å². The van der Waals surface area contributed by atoms with Crippen LogP contribution in [0.2, 0.25) is 0 Å². The summed E-state index contributed by atoms with van der Waals surface area (Å²) in [4.78, 5) is 4.14. The minimum absolute atomic E-state index is 0.283. The van der Waals surface area contributed by atoms with Gasteiger partial charge in [0.2, 0.25) is 5.88 Å². The Labute approximate surface area is 114 Å². The van der Waals surface area contributed by atoms with E-state index in [0.29, 0.717) is 12.4 Å². The van der Waals surface area contributed by atoms with Crippen molar-refractivity contribution in [3.8, 4) is 11.6 Å². The van der Waals surface area contributed by atoms with E-state index in [1.54, 1.807) is 25.4 Å². The summed E-state index contributed by atoms with van der Waals surface area (Å²) in [5.74, 6) is 0.827. The van der Waals surface area contributed by atoms with Gasteiger partial charge in [-0.05, 0) is 28.1 Å². The molecule has 0 atom stereocenters. The maximum absolute atomic E-state index is 9.64. The van der Waals surface area contributed by atoms with Crippen molar-refractivity contribution >= 4 is 21.6 Å². The fourth-order valence-electron chi connectivity index (χ4n) is 1.53. The molecule has 0 amide bonds. The molecule has 4 nitrogen and oxygen atoms in total. The van der Waals surface area contributed by atoms with Crippen LogP contribution in [0.25, 0.3) is 0 Å². The average molecular weight is 309 g/mol. The number of nitrogens with one attached hydrogen (secondary N) is 1. The molecule has 0 aliphatic rings. The number of aromatic nitrogens is 1. The Hall–Kier alpha value is -1.75. The Morgan fingerprint density at radius 3 is 2.83 bits per heavy atom. The molecule has 5 heteroatoms. The van der Waals surface area contributed by atoms with E-state index in [-0.39, 0.29) is 5.75 Å². The zero-order valence-corrected chi connectivity index (χ0v) is 11.4. The molecule has 1 heterocycles. The van der Waals surface area contributed by atoms with Crippen LogP contribution in [0.3, 0.4) is 0 Å². The minimum Gasteiger partial charge on any atom is -0.508 e. The summed E-state index contributed by atoms with van der Waals surface area (Å²) in [6.07, 6.45) is 1.68. The molecule has 0 aliphatic heterocycles. The van der Waals surface area contributed by atoms with E-state index < -0.39 is 0 Å². The minimum atomic E-state index is 0.283. The molecule has 2 rings (SSSR count). The number of ether oxygens (including phenoxy) is 1. The van der Waals surface area contributed by atoms with Crippen molar-refractivity contribution in [3.05, 3.63) is 46.6 Å². The third-order valence-corrected chi connectivity index (χ3v) is 3.04. The molecule has 2 aromatic rings. The molecule has 0 spiro atoms. The highest BCUT2D eigenvalue weighted by Crippen LogP contribution is 2.25. The standard InChI is InChI=1S/C13H13BrN2O2/c1-18-13-11(14)6-10(8-16-13)15-7-9-4-2-3-5-12(9)17/h2-6,8,15,17H,7H2,1H3. The molecule has 0 radical (unpaired) electrons. The summed E-state index contributed by atoms with van der Waals surface area (Å²) < 4.78 is 5.84. The molecular weight excluding hydrogens is 296 g/mol. The fourth-order valence-corrected chi connectivity index (χ4v) is 2.04. The highest BCUT2D eigenvalue weighted by molar-refractivity contribution is 9.10. The second kappa shape index (κ2) is 5.73. The van der Waals surface area contributed by atoms with Crippen molar-refractivity contribution in [1.82, 2.24) is 4.98 Å². The number of nitrogens with zero attached hydrogens (tertiary/aromatic N) is 1. The van der Waals surface area contributed by atoms with Gasteiger partial charge in [0.1, 0.15) is 5.75 Å². The van der Waals surface area contributed by atoms with Crippen LogP contribution in [-0.4, -0.2) is 17.2 Å². The number of benzene rings is 1. The lowest BCUT2D eigenvalue weighted by atomic mass is 10.2. The van der Waals surface area contributed by atoms with E-state index in [2.05, 4.69) is 26.2 Å². The van der Waals surface area contributed by atoms with Crippen molar-refractivity contribution in [2.24, 2.45) is 0 Å². The lowest BCUT2D eigenvalue weighted by Gasteiger charge is -2.09. The van der Waals surface area contributed by atoms with Gasteiger partial charge in [-0.3, -0.25) is 0 Å². The monoisotopic (exact) mass is 308 g/mol. The summed E-state index contributed by atoms with van der Waals surface area (Å²) >= 11 is 3.37. The van der Waals surface area contributed by atoms with Gasteiger partial charge in [-0.15, -0.1) is 0 Å². The zero-order chi connectivity index (χ0) is 13.0. The van der Waals surface area contributed by atoms with Gasteiger partial charge in [0.05, 0.1) is 23.5 Å². The Morgan fingerprint density at radius 1 is 1.39 bits per heavy atom. The molecule has 0 saturated carbocycles. The van der Waals surface area contributed by atoms with Gasteiger partial charge in [0, 0.05) is 12.1 Å². The SMILES string of the molecule is COc1ncc(NCc2ccccc2O)cc1Br. The van der Waals surface area contributed by atoms with Crippen LogP contribution in [0.1, 0.15) is 5.56 Å². The third-order valence-electron chi connectivity index (χ3n) is 2.48. The van der Waals surface area contributed by atoms with Gasteiger partial charge < -0.3 is 15.2 Å². The second-order valence-electron chi connectivity index (χ2n) is 3.70. The smallest absolute Gasteiger partial charge is 0.227 e. The van der Waals surface area contributed by atoms with Gasteiger partial charge >= 0.3 is 0 Å². The molecule has 0 aliphatic carbocycles. The number of anilines is 1. The molecule has 94 valence electrons. The first-order chi connectivity index (χ1) is 8.70. The Bertz CT molecular complexity index is 546. The van der Waals surface area contributed by atoms with Gasteiger partial charge in [-0.1, -0.05) is 18.2 Å².